The molecule has 0 aromatic carbocycles. The first-order valence-electron chi connectivity index (χ1n) is 11.5. The molecule has 6 fully saturated rings. The van der Waals surface area contributed by atoms with Crippen molar-refractivity contribution in [3.63, 3.8) is 0 Å². The normalized spacial score (nSPS) is 58.1. The van der Waals surface area contributed by atoms with Crippen LogP contribution in [0.25, 0.3) is 0 Å². The minimum absolute atomic E-state index is 0.00820. The summed E-state index contributed by atoms with van der Waals surface area (Å²) in [6.07, 6.45) is 11.7. The Bertz CT molecular complexity index is 615. The third-order valence-electron chi connectivity index (χ3n) is 10.4. The van der Waals surface area contributed by atoms with E-state index < -0.39 is 5.79 Å². The van der Waals surface area contributed by atoms with Crippen molar-refractivity contribution in [2.75, 3.05) is 19.8 Å². The number of ether oxygens (including phenoxy) is 3. The minimum Gasteiger partial charge on any atom is -0.391 e. The highest BCUT2D eigenvalue weighted by Gasteiger charge is 2.66. The maximum absolute atomic E-state index is 10.2. The molecule has 4 nitrogen and oxygen atoms in total. The average molecular weight is 377 g/mol. The highest BCUT2D eigenvalue weighted by Crippen LogP contribution is 2.70. The van der Waals surface area contributed by atoms with Crippen molar-refractivity contribution in [2.24, 2.45) is 40.4 Å². The molecular weight excluding hydrogens is 340 g/mol. The van der Waals surface area contributed by atoms with Gasteiger partial charge in [-0.15, -0.1) is 0 Å². The maximum atomic E-state index is 10.2. The average Bonchev–Trinajstić information content (AvgIpc) is 3.06. The van der Waals surface area contributed by atoms with Gasteiger partial charge in [0.05, 0.1) is 32.0 Å². The van der Waals surface area contributed by atoms with Crippen LogP contribution in [-0.4, -0.2) is 42.9 Å². The van der Waals surface area contributed by atoms with Crippen molar-refractivity contribution in [1.29, 1.82) is 0 Å². The second-order valence-electron chi connectivity index (χ2n) is 11.2. The number of aliphatic hydroxyl groups is 1. The van der Waals surface area contributed by atoms with E-state index in [0.29, 0.717) is 36.8 Å². The Morgan fingerprint density at radius 2 is 1.67 bits per heavy atom. The molecule has 2 aliphatic heterocycles. The molecule has 0 aromatic heterocycles. The standard InChI is InChI=1S/C23H36O4/c1-21-8-7-17-15(4-3-14-11-18-19(27-18)12-22(14,17)2)16(21)5-6-20(21)23(13-24)25-9-10-26-23/h14-20,24H,3-13H2,1-2H3/t14-,15-,16-,17-,18-,19+,20-,21-,22-/m0/s1. The Hall–Kier alpha value is -0.160. The van der Waals surface area contributed by atoms with Crippen molar-refractivity contribution in [1.82, 2.24) is 0 Å². The molecule has 4 saturated carbocycles. The molecule has 2 heterocycles. The van der Waals surface area contributed by atoms with Gasteiger partial charge in [-0.25, -0.2) is 0 Å². The third kappa shape index (κ3) is 2.25. The Kier molecular flexibility index (Phi) is 3.74. The number of fused-ring (bicyclic) bond motifs is 6. The lowest BCUT2D eigenvalue weighted by Gasteiger charge is -2.60. The Morgan fingerprint density at radius 3 is 2.44 bits per heavy atom. The first-order valence-corrected chi connectivity index (χ1v) is 11.5. The summed E-state index contributed by atoms with van der Waals surface area (Å²) >= 11 is 0. The van der Waals surface area contributed by atoms with Gasteiger partial charge in [0.2, 0.25) is 0 Å². The first kappa shape index (κ1) is 17.7. The largest absolute Gasteiger partial charge is 0.391 e. The van der Waals surface area contributed by atoms with E-state index in [9.17, 15) is 5.11 Å². The van der Waals surface area contributed by atoms with E-state index in [1.165, 1.54) is 44.9 Å². The van der Waals surface area contributed by atoms with Crippen molar-refractivity contribution >= 4 is 0 Å². The second-order valence-corrected chi connectivity index (χ2v) is 11.2. The summed E-state index contributed by atoms with van der Waals surface area (Å²) in [6.45, 7) is 6.38. The molecule has 2 saturated heterocycles. The summed E-state index contributed by atoms with van der Waals surface area (Å²) in [6, 6.07) is 0. The van der Waals surface area contributed by atoms with E-state index in [-0.39, 0.29) is 12.0 Å². The summed E-state index contributed by atoms with van der Waals surface area (Å²) in [5.41, 5.74) is 0.750. The van der Waals surface area contributed by atoms with E-state index in [2.05, 4.69) is 13.8 Å². The van der Waals surface area contributed by atoms with E-state index in [4.69, 9.17) is 14.2 Å². The summed E-state index contributed by atoms with van der Waals surface area (Å²) in [7, 11) is 0. The number of rotatable bonds is 2. The first-order chi connectivity index (χ1) is 13.0. The zero-order valence-corrected chi connectivity index (χ0v) is 17.0. The molecule has 1 N–H and O–H groups in total. The quantitative estimate of drug-likeness (QED) is 0.746. The van der Waals surface area contributed by atoms with Crippen LogP contribution in [0.3, 0.4) is 0 Å². The van der Waals surface area contributed by atoms with Gasteiger partial charge in [0, 0.05) is 5.92 Å². The lowest BCUT2D eigenvalue weighted by molar-refractivity contribution is -0.246. The van der Waals surface area contributed by atoms with Crippen LogP contribution in [0, 0.1) is 40.4 Å². The fraction of sp³-hybridized carbons (Fsp3) is 1.00. The molecule has 0 spiro atoms. The number of hydrogen-bond acceptors (Lipinski definition) is 4. The monoisotopic (exact) mass is 376 g/mol. The molecule has 0 aromatic rings. The molecular formula is C23H36O4. The molecule has 6 rings (SSSR count). The van der Waals surface area contributed by atoms with Crippen molar-refractivity contribution < 1.29 is 19.3 Å². The molecule has 0 bridgehead atoms. The van der Waals surface area contributed by atoms with E-state index >= 15 is 0 Å². The molecule has 0 amide bonds. The van der Waals surface area contributed by atoms with E-state index in [0.717, 1.165) is 30.1 Å². The van der Waals surface area contributed by atoms with Gasteiger partial charge in [0.1, 0.15) is 0 Å². The van der Waals surface area contributed by atoms with Crippen LogP contribution >= 0.6 is 0 Å². The van der Waals surface area contributed by atoms with Gasteiger partial charge in [0.15, 0.2) is 5.79 Å². The van der Waals surface area contributed by atoms with Crippen molar-refractivity contribution in [3.8, 4) is 0 Å². The molecule has 6 aliphatic rings. The van der Waals surface area contributed by atoms with Gasteiger partial charge >= 0.3 is 0 Å². The van der Waals surface area contributed by atoms with Crippen LogP contribution in [0.15, 0.2) is 0 Å². The smallest absolute Gasteiger partial charge is 0.195 e. The fourth-order valence-corrected chi connectivity index (χ4v) is 9.12. The van der Waals surface area contributed by atoms with Gasteiger partial charge in [-0.1, -0.05) is 13.8 Å². The van der Waals surface area contributed by atoms with Crippen LogP contribution in [0.5, 0.6) is 0 Å². The lowest BCUT2D eigenvalue weighted by atomic mass is 9.44. The molecule has 0 radical (unpaired) electrons. The molecule has 4 heteroatoms. The maximum Gasteiger partial charge on any atom is 0.195 e. The summed E-state index contributed by atoms with van der Waals surface area (Å²) in [5, 5.41) is 10.2. The molecule has 9 atom stereocenters. The number of epoxide rings is 1. The molecule has 4 aliphatic carbocycles. The minimum atomic E-state index is -0.725. The SMILES string of the molecule is C[C@]12C[C@H]3O[C@H]3C[C@@H]1CC[C@@H]1[C@@H]2CC[C@]2(C)[C@@H](C3(CO)OCCO3)CC[C@@H]12. The summed E-state index contributed by atoms with van der Waals surface area (Å²) in [4.78, 5) is 0. The predicted octanol–water partition coefficient (Wildman–Crippen LogP) is 3.76. The van der Waals surface area contributed by atoms with Gasteiger partial charge in [0.25, 0.3) is 0 Å². The highest BCUT2D eigenvalue weighted by atomic mass is 16.7. The molecule has 152 valence electrons. The Morgan fingerprint density at radius 1 is 0.889 bits per heavy atom. The third-order valence-corrected chi connectivity index (χ3v) is 10.4. The molecule has 0 unspecified atom stereocenters. The van der Waals surface area contributed by atoms with Gasteiger partial charge in [-0.2, -0.15) is 0 Å². The lowest BCUT2D eigenvalue weighted by Crippen LogP contribution is -2.56. The topological polar surface area (TPSA) is 51.2 Å². The fourth-order valence-electron chi connectivity index (χ4n) is 9.12. The zero-order valence-electron chi connectivity index (χ0n) is 17.0. The van der Waals surface area contributed by atoms with Crippen LogP contribution in [0.4, 0.5) is 0 Å². The van der Waals surface area contributed by atoms with E-state index in [1.54, 1.807) is 0 Å². The van der Waals surface area contributed by atoms with Crippen LogP contribution in [0.2, 0.25) is 0 Å². The van der Waals surface area contributed by atoms with Crippen LogP contribution in [0.1, 0.15) is 65.2 Å². The van der Waals surface area contributed by atoms with E-state index in [1.807, 2.05) is 0 Å². The van der Waals surface area contributed by atoms with Gasteiger partial charge in [-0.05, 0) is 85.9 Å². The van der Waals surface area contributed by atoms with Crippen molar-refractivity contribution in [2.45, 2.75) is 83.2 Å². The predicted molar refractivity (Wildman–Crippen MR) is 101 cm³/mol. The number of hydrogen-bond donors (Lipinski definition) is 1. The second kappa shape index (κ2) is 5.71. The summed E-state index contributed by atoms with van der Waals surface area (Å²) in [5.74, 6) is 2.99. The summed E-state index contributed by atoms with van der Waals surface area (Å²) < 4.78 is 18.1. The van der Waals surface area contributed by atoms with Crippen LogP contribution in [-0.2, 0) is 14.2 Å². The van der Waals surface area contributed by atoms with Gasteiger partial charge < -0.3 is 19.3 Å². The number of aliphatic hydroxyl groups excluding tert-OH is 1. The Labute approximate surface area is 163 Å². The molecule has 27 heavy (non-hydrogen) atoms. The highest BCUT2D eigenvalue weighted by molar-refractivity contribution is 5.13. The Balaban J connectivity index is 1.30. The van der Waals surface area contributed by atoms with Crippen molar-refractivity contribution in [3.05, 3.63) is 0 Å². The van der Waals surface area contributed by atoms with Gasteiger partial charge in [-0.3, -0.25) is 0 Å². The van der Waals surface area contributed by atoms with Crippen LogP contribution < -0.4 is 0 Å². The zero-order chi connectivity index (χ0) is 18.4.